The Morgan fingerprint density at radius 2 is 1.95 bits per heavy atom. The van der Waals surface area contributed by atoms with E-state index in [0.717, 1.165) is 24.0 Å². The summed E-state index contributed by atoms with van der Waals surface area (Å²) in [4.78, 5) is 17.5. The third-order valence-electron chi connectivity index (χ3n) is 3.97. The fraction of sp³-hybridized carbons (Fsp3) is 0.438. The van der Waals surface area contributed by atoms with E-state index in [-0.39, 0.29) is 11.7 Å². The number of hydrogen-bond donors (Lipinski definition) is 1. The van der Waals surface area contributed by atoms with Crippen LogP contribution in [0.4, 0.5) is 4.39 Å². The third kappa shape index (κ3) is 2.42. The molecule has 4 heteroatoms. The lowest BCUT2D eigenvalue weighted by molar-refractivity contribution is 0.0618. The number of likely N-dealkylation sites (tertiary alicyclic amines) is 1. The van der Waals surface area contributed by atoms with Gasteiger partial charge in [0.2, 0.25) is 0 Å². The Kier molecular flexibility index (Phi) is 3.24. The first-order valence-corrected chi connectivity index (χ1v) is 7.10. The van der Waals surface area contributed by atoms with Gasteiger partial charge in [0.1, 0.15) is 11.5 Å². The molecule has 0 saturated carbocycles. The normalized spacial score (nSPS) is 23.2. The van der Waals surface area contributed by atoms with Crippen LogP contribution in [0.3, 0.4) is 0 Å². The maximum absolute atomic E-state index is 13.2. The van der Waals surface area contributed by atoms with Crippen LogP contribution in [0, 0.1) is 17.7 Å². The number of amides is 1. The zero-order valence-corrected chi connectivity index (χ0v) is 11.8. The zero-order valence-electron chi connectivity index (χ0n) is 11.8. The monoisotopic (exact) mass is 274 g/mol. The van der Waals surface area contributed by atoms with Crippen molar-refractivity contribution in [2.45, 2.75) is 20.3 Å². The van der Waals surface area contributed by atoms with Gasteiger partial charge in [0.15, 0.2) is 0 Å². The number of nitrogens with zero attached hydrogens (tertiary/aromatic N) is 1. The first kappa shape index (κ1) is 13.2. The molecule has 2 aromatic rings. The van der Waals surface area contributed by atoms with Gasteiger partial charge in [-0.15, -0.1) is 0 Å². The van der Waals surface area contributed by atoms with Crippen molar-refractivity contribution >= 4 is 16.8 Å². The molecule has 1 saturated heterocycles. The quantitative estimate of drug-likeness (QED) is 0.849. The molecule has 1 fully saturated rings. The minimum Gasteiger partial charge on any atom is -0.351 e. The molecule has 3 rings (SSSR count). The summed E-state index contributed by atoms with van der Waals surface area (Å²) in [5.74, 6) is 0.796. The van der Waals surface area contributed by atoms with E-state index in [1.54, 1.807) is 12.1 Å². The lowest BCUT2D eigenvalue weighted by Gasteiger charge is -2.34. The number of benzene rings is 1. The predicted molar refractivity (Wildman–Crippen MR) is 77.1 cm³/mol. The highest BCUT2D eigenvalue weighted by molar-refractivity contribution is 5.98. The van der Waals surface area contributed by atoms with Gasteiger partial charge < -0.3 is 9.88 Å². The summed E-state index contributed by atoms with van der Waals surface area (Å²) in [6.45, 7) is 5.95. The average molecular weight is 274 g/mol. The van der Waals surface area contributed by atoms with Crippen LogP contribution < -0.4 is 0 Å². The topological polar surface area (TPSA) is 36.1 Å². The largest absolute Gasteiger partial charge is 0.351 e. The van der Waals surface area contributed by atoms with E-state index in [9.17, 15) is 9.18 Å². The number of H-pyrrole nitrogens is 1. The van der Waals surface area contributed by atoms with Crippen molar-refractivity contribution in [1.82, 2.24) is 9.88 Å². The second-order valence-electron chi connectivity index (χ2n) is 6.07. The molecule has 1 aliphatic heterocycles. The van der Waals surface area contributed by atoms with E-state index < -0.39 is 0 Å². The number of piperidine rings is 1. The number of carbonyl (C=O) groups excluding carboxylic acids is 1. The van der Waals surface area contributed by atoms with Crippen molar-refractivity contribution in [1.29, 1.82) is 0 Å². The molecular formula is C16H19FN2O. The van der Waals surface area contributed by atoms with Gasteiger partial charge in [-0.25, -0.2) is 4.39 Å². The third-order valence-corrected chi connectivity index (χ3v) is 3.97. The van der Waals surface area contributed by atoms with Crippen LogP contribution in [-0.2, 0) is 0 Å². The van der Waals surface area contributed by atoms with Gasteiger partial charge >= 0.3 is 0 Å². The zero-order chi connectivity index (χ0) is 14.3. The van der Waals surface area contributed by atoms with Crippen LogP contribution in [-0.4, -0.2) is 28.9 Å². The molecule has 0 radical (unpaired) electrons. The van der Waals surface area contributed by atoms with Crippen LogP contribution in [0.1, 0.15) is 30.8 Å². The summed E-state index contributed by atoms with van der Waals surface area (Å²) in [6.07, 6.45) is 1.17. The van der Waals surface area contributed by atoms with Crippen molar-refractivity contribution in [2.24, 2.45) is 11.8 Å². The van der Waals surface area contributed by atoms with Gasteiger partial charge in [-0.05, 0) is 42.5 Å². The van der Waals surface area contributed by atoms with E-state index in [1.807, 2.05) is 4.90 Å². The van der Waals surface area contributed by atoms with Crippen LogP contribution in [0.5, 0.6) is 0 Å². The highest BCUT2D eigenvalue weighted by Gasteiger charge is 2.26. The molecule has 2 unspecified atom stereocenters. The lowest BCUT2D eigenvalue weighted by atomic mass is 9.92. The smallest absolute Gasteiger partial charge is 0.270 e. The number of aromatic nitrogens is 1. The molecule has 2 atom stereocenters. The number of hydrogen-bond acceptors (Lipinski definition) is 1. The number of fused-ring (bicyclic) bond motifs is 1. The Labute approximate surface area is 117 Å². The molecule has 0 spiro atoms. The first-order chi connectivity index (χ1) is 9.52. The van der Waals surface area contributed by atoms with E-state index in [0.29, 0.717) is 17.5 Å². The maximum atomic E-state index is 13.2. The second-order valence-corrected chi connectivity index (χ2v) is 6.07. The van der Waals surface area contributed by atoms with Gasteiger partial charge in [0.25, 0.3) is 5.91 Å². The van der Waals surface area contributed by atoms with E-state index >= 15 is 0 Å². The van der Waals surface area contributed by atoms with Crippen molar-refractivity contribution in [2.75, 3.05) is 13.1 Å². The SMILES string of the molecule is CC1CC(C)CN(C(=O)c2cc3cc(F)ccc3[nH]2)C1. The molecule has 2 heterocycles. The Morgan fingerprint density at radius 1 is 1.25 bits per heavy atom. The summed E-state index contributed by atoms with van der Waals surface area (Å²) in [5, 5.41) is 0.742. The van der Waals surface area contributed by atoms with Crippen molar-refractivity contribution in [3.8, 4) is 0 Å². The molecule has 0 aliphatic carbocycles. The van der Waals surface area contributed by atoms with Gasteiger partial charge in [-0.1, -0.05) is 13.8 Å². The number of aromatic amines is 1. The summed E-state index contributed by atoms with van der Waals surface area (Å²) in [5.41, 5.74) is 1.35. The fourth-order valence-electron chi connectivity index (χ4n) is 3.22. The Bertz CT molecular complexity index is 639. The fourth-order valence-corrected chi connectivity index (χ4v) is 3.22. The van der Waals surface area contributed by atoms with Gasteiger partial charge in [0, 0.05) is 24.0 Å². The molecule has 1 aliphatic rings. The summed E-state index contributed by atoms with van der Waals surface area (Å²) in [7, 11) is 0. The summed E-state index contributed by atoms with van der Waals surface area (Å²) in [6, 6.07) is 6.26. The highest BCUT2D eigenvalue weighted by Crippen LogP contribution is 2.24. The molecule has 1 N–H and O–H groups in total. The van der Waals surface area contributed by atoms with Gasteiger partial charge in [0.05, 0.1) is 0 Å². The van der Waals surface area contributed by atoms with Crippen molar-refractivity contribution in [3.63, 3.8) is 0 Å². The highest BCUT2D eigenvalue weighted by atomic mass is 19.1. The number of halogens is 1. The van der Waals surface area contributed by atoms with E-state index in [1.165, 1.54) is 18.6 Å². The van der Waals surface area contributed by atoms with Crippen LogP contribution >= 0.6 is 0 Å². The minimum absolute atomic E-state index is 0.0139. The standard InChI is InChI=1S/C16H19FN2O/c1-10-5-11(2)9-19(8-10)16(20)15-7-12-6-13(17)3-4-14(12)18-15/h3-4,6-7,10-11,18H,5,8-9H2,1-2H3. The molecular weight excluding hydrogens is 255 g/mol. The molecule has 3 nitrogen and oxygen atoms in total. The first-order valence-electron chi connectivity index (χ1n) is 7.10. The molecule has 1 aromatic heterocycles. The van der Waals surface area contributed by atoms with Crippen LogP contribution in [0.2, 0.25) is 0 Å². The van der Waals surface area contributed by atoms with E-state index in [4.69, 9.17) is 0 Å². The average Bonchev–Trinajstić information content (AvgIpc) is 2.79. The minimum atomic E-state index is -0.282. The van der Waals surface area contributed by atoms with Crippen LogP contribution in [0.15, 0.2) is 24.3 Å². The van der Waals surface area contributed by atoms with Gasteiger partial charge in [-0.2, -0.15) is 0 Å². The number of nitrogens with one attached hydrogen (secondary N) is 1. The molecule has 1 aromatic carbocycles. The van der Waals surface area contributed by atoms with Crippen molar-refractivity contribution in [3.05, 3.63) is 35.8 Å². The number of rotatable bonds is 1. The van der Waals surface area contributed by atoms with Gasteiger partial charge in [-0.3, -0.25) is 4.79 Å². The number of carbonyl (C=O) groups is 1. The van der Waals surface area contributed by atoms with Crippen LogP contribution in [0.25, 0.3) is 10.9 Å². The Balaban J connectivity index is 1.88. The second kappa shape index (κ2) is 4.93. The van der Waals surface area contributed by atoms with Crippen molar-refractivity contribution < 1.29 is 9.18 Å². The Hall–Kier alpha value is -1.84. The molecule has 20 heavy (non-hydrogen) atoms. The lowest BCUT2D eigenvalue weighted by Crippen LogP contribution is -2.42. The maximum Gasteiger partial charge on any atom is 0.270 e. The Morgan fingerprint density at radius 3 is 2.65 bits per heavy atom. The summed E-state index contributed by atoms with van der Waals surface area (Å²) < 4.78 is 13.2. The van der Waals surface area contributed by atoms with E-state index in [2.05, 4.69) is 18.8 Å². The summed E-state index contributed by atoms with van der Waals surface area (Å²) >= 11 is 0. The molecule has 0 bridgehead atoms. The predicted octanol–water partition coefficient (Wildman–Crippen LogP) is 3.43. The molecule has 106 valence electrons. The molecule has 1 amide bonds.